The van der Waals surface area contributed by atoms with Gasteiger partial charge in [-0.15, -0.1) is 0 Å². The van der Waals surface area contributed by atoms with Crippen molar-refractivity contribution in [1.82, 2.24) is 0 Å². The van der Waals surface area contributed by atoms with E-state index in [9.17, 15) is 4.39 Å². The molecule has 78 valence electrons. The highest BCUT2D eigenvalue weighted by atomic mass is 19.1. The van der Waals surface area contributed by atoms with Crippen LogP contribution in [0.1, 0.15) is 26.7 Å². The van der Waals surface area contributed by atoms with Gasteiger partial charge in [0.25, 0.3) is 0 Å². The molecule has 14 heavy (non-hydrogen) atoms. The first kappa shape index (κ1) is 10.8. The van der Waals surface area contributed by atoms with E-state index in [2.05, 4.69) is 6.92 Å². The molecule has 2 nitrogen and oxygen atoms in total. The summed E-state index contributed by atoms with van der Waals surface area (Å²) in [4.78, 5) is 0. The second kappa shape index (κ2) is 4.84. The van der Waals surface area contributed by atoms with Crippen LogP contribution in [-0.4, -0.2) is 6.10 Å². The Morgan fingerprint density at radius 3 is 2.79 bits per heavy atom. The molecule has 0 radical (unpaired) electrons. The molecule has 0 saturated carbocycles. The second-order valence-electron chi connectivity index (χ2n) is 3.40. The summed E-state index contributed by atoms with van der Waals surface area (Å²) in [6, 6.07) is 4.19. The first-order valence-corrected chi connectivity index (χ1v) is 4.85. The van der Waals surface area contributed by atoms with Gasteiger partial charge in [0.1, 0.15) is 11.6 Å². The molecule has 0 aliphatic rings. The van der Waals surface area contributed by atoms with E-state index in [1.54, 1.807) is 6.07 Å². The molecular formula is C11H16FNO. The van der Waals surface area contributed by atoms with Crippen molar-refractivity contribution in [3.05, 3.63) is 24.0 Å². The molecule has 0 heterocycles. The van der Waals surface area contributed by atoms with Crippen LogP contribution in [0, 0.1) is 5.82 Å². The Balaban J connectivity index is 2.67. The van der Waals surface area contributed by atoms with E-state index in [0.29, 0.717) is 11.4 Å². The zero-order valence-corrected chi connectivity index (χ0v) is 8.59. The average molecular weight is 197 g/mol. The van der Waals surface area contributed by atoms with E-state index in [1.807, 2.05) is 6.92 Å². The van der Waals surface area contributed by atoms with Gasteiger partial charge in [-0.2, -0.15) is 0 Å². The van der Waals surface area contributed by atoms with Crippen LogP contribution in [0.15, 0.2) is 18.2 Å². The van der Waals surface area contributed by atoms with Crippen molar-refractivity contribution >= 4 is 5.69 Å². The Morgan fingerprint density at radius 2 is 2.21 bits per heavy atom. The van der Waals surface area contributed by atoms with Crippen molar-refractivity contribution in [2.24, 2.45) is 0 Å². The van der Waals surface area contributed by atoms with Crippen LogP contribution in [0.5, 0.6) is 5.75 Å². The van der Waals surface area contributed by atoms with Gasteiger partial charge in [-0.3, -0.25) is 0 Å². The fourth-order valence-electron chi connectivity index (χ4n) is 1.31. The number of nitrogen functional groups attached to an aromatic ring is 1. The van der Waals surface area contributed by atoms with Gasteiger partial charge in [-0.1, -0.05) is 13.3 Å². The Labute approximate surface area is 83.9 Å². The average Bonchev–Trinajstić information content (AvgIpc) is 2.10. The summed E-state index contributed by atoms with van der Waals surface area (Å²) in [6.07, 6.45) is 2.15. The lowest BCUT2D eigenvalue weighted by molar-refractivity contribution is 0.211. The van der Waals surface area contributed by atoms with E-state index in [-0.39, 0.29) is 11.9 Å². The molecule has 0 bridgehead atoms. The standard InChI is InChI=1S/C11H16FNO/c1-3-4-8(2)14-11-6-5-9(12)7-10(11)13/h5-8H,3-4,13H2,1-2H3. The maximum atomic E-state index is 12.7. The minimum absolute atomic E-state index is 0.118. The maximum Gasteiger partial charge on any atom is 0.142 e. The Hall–Kier alpha value is -1.25. The van der Waals surface area contributed by atoms with Crippen LogP contribution in [0.25, 0.3) is 0 Å². The SMILES string of the molecule is CCCC(C)Oc1ccc(F)cc1N. The molecule has 0 aliphatic heterocycles. The highest BCUT2D eigenvalue weighted by Gasteiger charge is 2.06. The quantitative estimate of drug-likeness (QED) is 0.753. The molecule has 0 spiro atoms. The molecule has 0 amide bonds. The number of rotatable bonds is 4. The van der Waals surface area contributed by atoms with Gasteiger partial charge in [0.15, 0.2) is 0 Å². The maximum absolute atomic E-state index is 12.7. The zero-order chi connectivity index (χ0) is 10.6. The minimum Gasteiger partial charge on any atom is -0.489 e. The predicted molar refractivity (Wildman–Crippen MR) is 55.8 cm³/mol. The van der Waals surface area contributed by atoms with Crippen LogP contribution in [0.4, 0.5) is 10.1 Å². The van der Waals surface area contributed by atoms with Crippen molar-refractivity contribution in [2.45, 2.75) is 32.8 Å². The molecule has 1 atom stereocenters. The smallest absolute Gasteiger partial charge is 0.142 e. The zero-order valence-electron chi connectivity index (χ0n) is 8.59. The van der Waals surface area contributed by atoms with Crippen LogP contribution >= 0.6 is 0 Å². The molecule has 1 aromatic rings. The van der Waals surface area contributed by atoms with Gasteiger partial charge in [0.05, 0.1) is 11.8 Å². The monoisotopic (exact) mass is 197 g/mol. The third kappa shape index (κ3) is 2.91. The summed E-state index contributed by atoms with van der Waals surface area (Å²) in [5, 5.41) is 0. The van der Waals surface area contributed by atoms with E-state index in [1.165, 1.54) is 12.1 Å². The number of nitrogens with two attached hydrogens (primary N) is 1. The molecule has 0 aliphatic carbocycles. The van der Waals surface area contributed by atoms with Crippen molar-refractivity contribution < 1.29 is 9.13 Å². The van der Waals surface area contributed by atoms with Crippen LogP contribution in [-0.2, 0) is 0 Å². The molecule has 0 fully saturated rings. The summed E-state index contributed by atoms with van der Waals surface area (Å²) < 4.78 is 18.2. The van der Waals surface area contributed by atoms with Gasteiger partial charge >= 0.3 is 0 Å². The third-order valence-electron chi connectivity index (χ3n) is 2.00. The van der Waals surface area contributed by atoms with Crippen molar-refractivity contribution in [3.63, 3.8) is 0 Å². The van der Waals surface area contributed by atoms with E-state index in [0.717, 1.165) is 12.8 Å². The number of halogens is 1. The van der Waals surface area contributed by atoms with Gasteiger partial charge in [-0.05, 0) is 25.5 Å². The van der Waals surface area contributed by atoms with Gasteiger partial charge in [0.2, 0.25) is 0 Å². The predicted octanol–water partition coefficient (Wildman–Crippen LogP) is 2.98. The molecule has 0 saturated heterocycles. The first-order chi connectivity index (χ1) is 6.63. The minimum atomic E-state index is -0.335. The van der Waals surface area contributed by atoms with E-state index < -0.39 is 0 Å². The molecule has 1 unspecified atom stereocenters. The van der Waals surface area contributed by atoms with Crippen molar-refractivity contribution in [3.8, 4) is 5.75 Å². The van der Waals surface area contributed by atoms with Crippen LogP contribution in [0.2, 0.25) is 0 Å². The lowest BCUT2D eigenvalue weighted by atomic mass is 10.2. The summed E-state index contributed by atoms with van der Waals surface area (Å²) >= 11 is 0. The first-order valence-electron chi connectivity index (χ1n) is 4.85. The summed E-state index contributed by atoms with van der Waals surface area (Å²) in [5.41, 5.74) is 5.96. The van der Waals surface area contributed by atoms with Gasteiger partial charge in [-0.25, -0.2) is 4.39 Å². The van der Waals surface area contributed by atoms with E-state index in [4.69, 9.17) is 10.5 Å². The van der Waals surface area contributed by atoms with Gasteiger partial charge < -0.3 is 10.5 Å². The molecule has 1 aromatic carbocycles. The fraction of sp³-hybridized carbons (Fsp3) is 0.455. The van der Waals surface area contributed by atoms with E-state index >= 15 is 0 Å². The summed E-state index contributed by atoms with van der Waals surface area (Å²) in [6.45, 7) is 4.07. The highest BCUT2D eigenvalue weighted by molar-refractivity contribution is 5.52. The molecule has 0 aromatic heterocycles. The molecule has 2 N–H and O–H groups in total. The number of benzene rings is 1. The van der Waals surface area contributed by atoms with Crippen molar-refractivity contribution in [1.29, 1.82) is 0 Å². The number of anilines is 1. The Bertz CT molecular complexity index is 301. The summed E-state index contributed by atoms with van der Waals surface area (Å²) in [7, 11) is 0. The number of hydrogen-bond donors (Lipinski definition) is 1. The van der Waals surface area contributed by atoms with Crippen LogP contribution in [0.3, 0.4) is 0 Å². The fourth-order valence-corrected chi connectivity index (χ4v) is 1.31. The Kier molecular flexibility index (Phi) is 3.74. The highest BCUT2D eigenvalue weighted by Crippen LogP contribution is 2.23. The number of ether oxygens (including phenoxy) is 1. The second-order valence-corrected chi connectivity index (χ2v) is 3.40. The summed E-state index contributed by atoms with van der Waals surface area (Å²) in [5.74, 6) is 0.227. The lowest BCUT2D eigenvalue weighted by Crippen LogP contribution is -2.12. The molecule has 3 heteroatoms. The molecule has 1 rings (SSSR count). The number of hydrogen-bond acceptors (Lipinski definition) is 2. The topological polar surface area (TPSA) is 35.2 Å². The Morgan fingerprint density at radius 1 is 1.50 bits per heavy atom. The normalized spacial score (nSPS) is 12.5. The van der Waals surface area contributed by atoms with Gasteiger partial charge in [0, 0.05) is 6.07 Å². The lowest BCUT2D eigenvalue weighted by Gasteiger charge is -2.15. The largest absolute Gasteiger partial charge is 0.489 e. The molecular weight excluding hydrogens is 181 g/mol. The van der Waals surface area contributed by atoms with Crippen LogP contribution < -0.4 is 10.5 Å². The van der Waals surface area contributed by atoms with Crippen molar-refractivity contribution in [2.75, 3.05) is 5.73 Å². The third-order valence-corrected chi connectivity index (χ3v) is 2.00.